The predicted octanol–water partition coefficient (Wildman–Crippen LogP) is 3.86. The van der Waals surface area contributed by atoms with Crippen molar-refractivity contribution in [3.63, 3.8) is 0 Å². The molecule has 0 bridgehead atoms. The Kier molecular flexibility index (Phi) is 8.40. The van der Waals surface area contributed by atoms with E-state index in [2.05, 4.69) is 4.99 Å². The number of ether oxygens (including phenoxy) is 1. The first kappa shape index (κ1) is 20.1. The zero-order valence-corrected chi connectivity index (χ0v) is 16.0. The Morgan fingerprint density at radius 3 is 2.17 bits per heavy atom. The summed E-state index contributed by atoms with van der Waals surface area (Å²) in [5, 5.41) is 0.411. The molecule has 24 heavy (non-hydrogen) atoms. The number of amidine groups is 1. The van der Waals surface area contributed by atoms with Gasteiger partial charge in [-0.05, 0) is 59.0 Å². The maximum Gasteiger partial charge on any atom is 0.300 e. The van der Waals surface area contributed by atoms with E-state index in [4.69, 9.17) is 17.0 Å². The summed E-state index contributed by atoms with van der Waals surface area (Å²) < 4.78 is 5.89. The fourth-order valence-electron chi connectivity index (χ4n) is 2.18. The summed E-state index contributed by atoms with van der Waals surface area (Å²) in [6.07, 6.45) is 0. The van der Waals surface area contributed by atoms with E-state index in [9.17, 15) is 4.79 Å². The van der Waals surface area contributed by atoms with Gasteiger partial charge in [0.25, 0.3) is 11.2 Å². The minimum atomic E-state index is 0.0102. The van der Waals surface area contributed by atoms with Crippen LogP contribution in [0, 0.1) is 0 Å². The number of carbonyl (C=O) groups is 1. The SMILES string of the molecule is CCN(CC)C(=S)OC(=Nc1cccc(C(C)=O)c1)N(CC)CC. The highest BCUT2D eigenvalue weighted by Crippen LogP contribution is 2.16. The van der Waals surface area contributed by atoms with Gasteiger partial charge in [-0.15, -0.1) is 0 Å². The van der Waals surface area contributed by atoms with Gasteiger partial charge in [0.15, 0.2) is 5.78 Å². The van der Waals surface area contributed by atoms with Crippen molar-refractivity contribution in [3.8, 4) is 0 Å². The summed E-state index contributed by atoms with van der Waals surface area (Å²) in [5.41, 5.74) is 1.30. The minimum Gasteiger partial charge on any atom is -0.398 e. The van der Waals surface area contributed by atoms with Crippen molar-refractivity contribution in [2.45, 2.75) is 34.6 Å². The van der Waals surface area contributed by atoms with Crippen molar-refractivity contribution in [1.82, 2.24) is 9.80 Å². The molecule has 0 atom stereocenters. The van der Waals surface area contributed by atoms with E-state index in [1.54, 1.807) is 19.1 Å². The van der Waals surface area contributed by atoms with E-state index in [0.29, 0.717) is 22.4 Å². The zero-order chi connectivity index (χ0) is 18.1. The normalized spacial score (nSPS) is 11.1. The van der Waals surface area contributed by atoms with Crippen LogP contribution in [0.3, 0.4) is 0 Å². The van der Waals surface area contributed by atoms with Crippen LogP contribution in [0.25, 0.3) is 0 Å². The Bertz CT molecular complexity index is 594. The van der Waals surface area contributed by atoms with Gasteiger partial charge < -0.3 is 14.5 Å². The van der Waals surface area contributed by atoms with Gasteiger partial charge in [-0.25, -0.2) is 0 Å². The maximum atomic E-state index is 11.6. The molecule has 0 N–H and O–H groups in total. The highest BCUT2D eigenvalue weighted by Gasteiger charge is 2.16. The fourth-order valence-corrected chi connectivity index (χ4v) is 2.51. The summed E-state index contributed by atoms with van der Waals surface area (Å²) in [4.78, 5) is 20.1. The van der Waals surface area contributed by atoms with E-state index in [1.165, 1.54) is 0 Å². The molecule has 1 aromatic rings. The third kappa shape index (κ3) is 5.60. The summed E-state index contributed by atoms with van der Waals surface area (Å²) in [6, 6.07) is 7.66. The lowest BCUT2D eigenvalue weighted by Crippen LogP contribution is -2.39. The first-order chi connectivity index (χ1) is 11.5. The molecule has 1 rings (SSSR count). The molecule has 132 valence electrons. The van der Waals surface area contributed by atoms with Crippen LogP contribution >= 0.6 is 12.2 Å². The molecule has 0 aliphatic carbocycles. The second-order valence-corrected chi connectivity index (χ2v) is 5.56. The van der Waals surface area contributed by atoms with E-state index in [0.717, 1.165) is 26.2 Å². The third-order valence-electron chi connectivity index (χ3n) is 3.71. The van der Waals surface area contributed by atoms with Gasteiger partial charge >= 0.3 is 0 Å². The Morgan fingerprint density at radius 1 is 1.08 bits per heavy atom. The molecule has 0 aromatic heterocycles. The quantitative estimate of drug-likeness (QED) is 0.338. The highest BCUT2D eigenvalue weighted by molar-refractivity contribution is 7.80. The monoisotopic (exact) mass is 349 g/mol. The fraction of sp³-hybridized carbons (Fsp3) is 0.500. The molecular formula is C18H27N3O2S. The molecular weight excluding hydrogens is 322 g/mol. The number of aliphatic imine (C=N–C) groups is 1. The lowest BCUT2D eigenvalue weighted by Gasteiger charge is -2.26. The van der Waals surface area contributed by atoms with E-state index in [-0.39, 0.29) is 5.78 Å². The average molecular weight is 350 g/mol. The smallest absolute Gasteiger partial charge is 0.300 e. The van der Waals surface area contributed by atoms with Crippen molar-refractivity contribution in [1.29, 1.82) is 0 Å². The van der Waals surface area contributed by atoms with Crippen LogP contribution in [-0.2, 0) is 4.74 Å². The lowest BCUT2D eigenvalue weighted by atomic mass is 10.1. The van der Waals surface area contributed by atoms with Crippen LogP contribution in [-0.4, -0.2) is 53.0 Å². The number of ketones is 1. The number of nitrogens with zero attached hydrogens (tertiary/aromatic N) is 3. The predicted molar refractivity (Wildman–Crippen MR) is 103 cm³/mol. The topological polar surface area (TPSA) is 45.1 Å². The standard InChI is InChI=1S/C18H27N3O2S/c1-6-20(7-2)17(23-18(24)21(8-3)9-4)19-16-12-10-11-15(13-16)14(5)22/h10-13H,6-9H2,1-5H3. The molecule has 0 heterocycles. The minimum absolute atomic E-state index is 0.0102. The Labute approximate surface area is 150 Å². The Balaban J connectivity index is 3.15. The second kappa shape index (κ2) is 10.0. The molecule has 0 fully saturated rings. The largest absolute Gasteiger partial charge is 0.398 e. The molecule has 0 aliphatic heterocycles. The lowest BCUT2D eigenvalue weighted by molar-refractivity contribution is 0.101. The van der Waals surface area contributed by atoms with Gasteiger partial charge in [0.05, 0.1) is 5.69 Å². The van der Waals surface area contributed by atoms with Crippen LogP contribution < -0.4 is 0 Å². The summed E-state index contributed by atoms with van der Waals surface area (Å²) >= 11 is 5.39. The van der Waals surface area contributed by atoms with Gasteiger partial charge in [0.1, 0.15) is 0 Å². The number of carbonyl (C=O) groups excluding carboxylic acids is 1. The van der Waals surface area contributed by atoms with E-state index >= 15 is 0 Å². The van der Waals surface area contributed by atoms with Crippen molar-refractivity contribution in [2.75, 3.05) is 26.2 Å². The molecule has 0 radical (unpaired) electrons. The van der Waals surface area contributed by atoms with E-state index < -0.39 is 0 Å². The van der Waals surface area contributed by atoms with Gasteiger partial charge in [-0.3, -0.25) is 4.79 Å². The van der Waals surface area contributed by atoms with Crippen LogP contribution in [0.15, 0.2) is 29.3 Å². The number of hydrogen-bond donors (Lipinski definition) is 0. The molecule has 0 saturated heterocycles. The summed E-state index contributed by atoms with van der Waals surface area (Å²) in [5.74, 6) is 0.0102. The molecule has 1 aromatic carbocycles. The first-order valence-corrected chi connectivity index (χ1v) is 8.78. The number of hydrogen-bond acceptors (Lipinski definition) is 4. The molecule has 5 nitrogen and oxygen atoms in total. The van der Waals surface area contributed by atoms with Crippen molar-refractivity contribution >= 4 is 34.9 Å². The highest BCUT2D eigenvalue weighted by atomic mass is 32.1. The zero-order valence-electron chi connectivity index (χ0n) is 15.2. The first-order valence-electron chi connectivity index (χ1n) is 8.38. The molecule has 0 unspecified atom stereocenters. The Hall–Kier alpha value is -1.95. The average Bonchev–Trinajstić information content (AvgIpc) is 2.57. The van der Waals surface area contributed by atoms with Gasteiger partial charge in [-0.2, -0.15) is 4.99 Å². The number of benzene rings is 1. The van der Waals surface area contributed by atoms with E-state index in [1.807, 2.05) is 49.6 Å². The molecule has 0 aliphatic rings. The van der Waals surface area contributed by atoms with Crippen molar-refractivity contribution in [2.24, 2.45) is 4.99 Å². The second-order valence-electron chi connectivity index (χ2n) is 5.21. The van der Waals surface area contributed by atoms with Crippen LogP contribution in [0.5, 0.6) is 0 Å². The molecule has 0 spiro atoms. The van der Waals surface area contributed by atoms with Gasteiger partial charge in [0, 0.05) is 31.7 Å². The molecule has 0 amide bonds. The Morgan fingerprint density at radius 2 is 1.67 bits per heavy atom. The maximum absolute atomic E-state index is 11.6. The third-order valence-corrected chi connectivity index (χ3v) is 4.05. The number of thiocarbonyl (C=S) groups is 1. The van der Waals surface area contributed by atoms with Crippen molar-refractivity contribution in [3.05, 3.63) is 29.8 Å². The van der Waals surface area contributed by atoms with Crippen molar-refractivity contribution < 1.29 is 9.53 Å². The number of rotatable bonds is 6. The van der Waals surface area contributed by atoms with Crippen LogP contribution in [0.2, 0.25) is 0 Å². The van der Waals surface area contributed by atoms with Crippen LogP contribution in [0.4, 0.5) is 5.69 Å². The molecule has 0 saturated carbocycles. The van der Waals surface area contributed by atoms with Crippen LogP contribution in [0.1, 0.15) is 45.0 Å². The van der Waals surface area contributed by atoms with Gasteiger partial charge in [0.2, 0.25) is 0 Å². The summed E-state index contributed by atoms with van der Waals surface area (Å²) in [7, 11) is 0. The molecule has 6 heteroatoms. The summed E-state index contributed by atoms with van der Waals surface area (Å²) in [6.45, 7) is 12.7. The van der Waals surface area contributed by atoms with Gasteiger partial charge in [-0.1, -0.05) is 12.1 Å². The number of Topliss-reactive ketones (excluding diaryl/α,β-unsaturated/α-hetero) is 1.